The molecule has 22 heavy (non-hydrogen) atoms. The molecule has 1 heterocycles. The van der Waals surface area contributed by atoms with Gasteiger partial charge < -0.3 is 15.0 Å². The Morgan fingerprint density at radius 1 is 1.32 bits per heavy atom. The van der Waals surface area contributed by atoms with Crippen LogP contribution in [0.1, 0.15) is 54.2 Å². The van der Waals surface area contributed by atoms with Gasteiger partial charge in [-0.2, -0.15) is 0 Å². The molecule has 3 rings (SSSR count). The van der Waals surface area contributed by atoms with Crippen molar-refractivity contribution >= 4 is 32.7 Å². The van der Waals surface area contributed by atoms with Gasteiger partial charge >= 0.3 is 0 Å². The highest BCUT2D eigenvalue weighted by molar-refractivity contribution is 9.09. The van der Waals surface area contributed by atoms with Crippen LogP contribution < -0.4 is 10.5 Å². The smallest absolute Gasteiger partial charge is 0.265 e. The van der Waals surface area contributed by atoms with Gasteiger partial charge in [0.25, 0.3) is 5.91 Å². The highest BCUT2D eigenvalue weighted by Gasteiger charge is 2.23. The third-order valence-corrected chi connectivity index (χ3v) is 4.78. The Bertz CT molecular complexity index is 702. The van der Waals surface area contributed by atoms with E-state index in [0.29, 0.717) is 17.3 Å². The summed E-state index contributed by atoms with van der Waals surface area (Å²) in [5, 5.41) is 1.08. The molecule has 1 fully saturated rings. The summed E-state index contributed by atoms with van der Waals surface area (Å²) in [7, 11) is 0. The molecule has 0 spiro atoms. The first-order valence-corrected chi connectivity index (χ1v) is 8.88. The molecule has 2 aromatic rings. The molecular formula is C17H21BrN2O2. The summed E-state index contributed by atoms with van der Waals surface area (Å²) < 4.78 is 7.74. The lowest BCUT2D eigenvalue weighted by Gasteiger charge is -2.26. The molecule has 0 atom stereocenters. The molecule has 1 aromatic heterocycles. The number of hydrogen-bond donors (Lipinski definition) is 1. The number of primary amides is 1. The van der Waals surface area contributed by atoms with E-state index in [1.807, 2.05) is 25.1 Å². The molecule has 0 saturated heterocycles. The van der Waals surface area contributed by atoms with Crippen molar-refractivity contribution in [3.05, 3.63) is 29.5 Å². The van der Waals surface area contributed by atoms with Crippen LogP contribution in [0.3, 0.4) is 0 Å². The minimum Gasteiger partial charge on any atom is -0.482 e. The quantitative estimate of drug-likeness (QED) is 0.822. The van der Waals surface area contributed by atoms with Gasteiger partial charge in [0.15, 0.2) is 0 Å². The summed E-state index contributed by atoms with van der Waals surface area (Å²) in [6.07, 6.45) is 5.90. The van der Waals surface area contributed by atoms with Crippen LogP contribution in [0.2, 0.25) is 0 Å². The average molecular weight is 365 g/mol. The molecule has 0 radical (unpaired) electrons. The molecule has 1 aliphatic carbocycles. The molecule has 1 amide bonds. The van der Waals surface area contributed by atoms with Gasteiger partial charge in [0.1, 0.15) is 17.0 Å². The molecular weight excluding hydrogens is 344 g/mol. The van der Waals surface area contributed by atoms with Crippen molar-refractivity contribution in [1.29, 1.82) is 0 Å². The monoisotopic (exact) mass is 364 g/mol. The first-order valence-electron chi connectivity index (χ1n) is 7.76. The van der Waals surface area contributed by atoms with Gasteiger partial charge in [-0.15, -0.1) is 0 Å². The van der Waals surface area contributed by atoms with E-state index < -0.39 is 0 Å². The average Bonchev–Trinajstić information content (AvgIpc) is 2.89. The van der Waals surface area contributed by atoms with Crippen molar-refractivity contribution in [2.75, 3.05) is 5.52 Å². The Morgan fingerprint density at radius 2 is 2.05 bits per heavy atom. The second-order valence-electron chi connectivity index (χ2n) is 5.98. The highest BCUT2D eigenvalue weighted by atomic mass is 79.9. The van der Waals surface area contributed by atoms with Gasteiger partial charge in [-0.05, 0) is 53.4 Å². The van der Waals surface area contributed by atoms with Crippen molar-refractivity contribution in [2.45, 2.75) is 45.1 Å². The Labute approximate surface area is 138 Å². The molecule has 0 unspecified atom stereocenters. The number of rotatable bonds is 4. The minimum atomic E-state index is -0.357. The van der Waals surface area contributed by atoms with Crippen LogP contribution in [0.5, 0.6) is 5.75 Å². The van der Waals surface area contributed by atoms with Crippen LogP contribution in [0.4, 0.5) is 0 Å². The number of fused-ring (bicyclic) bond motifs is 1. The van der Waals surface area contributed by atoms with Crippen molar-refractivity contribution in [1.82, 2.24) is 4.57 Å². The number of aromatic nitrogens is 1. The predicted octanol–water partition coefficient (Wildman–Crippen LogP) is 4.29. The Morgan fingerprint density at radius 3 is 2.68 bits per heavy atom. The van der Waals surface area contributed by atoms with E-state index in [-0.39, 0.29) is 5.91 Å². The number of halogens is 1. The normalized spacial score (nSPS) is 16.1. The number of ether oxygens (including phenoxy) is 1. The second-order valence-corrected chi connectivity index (χ2v) is 6.44. The molecule has 0 aliphatic heterocycles. The minimum absolute atomic E-state index is 0.354. The molecule has 0 bridgehead atoms. The third-order valence-electron chi connectivity index (χ3n) is 4.55. The summed E-state index contributed by atoms with van der Waals surface area (Å²) in [5.41, 5.74) is 8.85. The Balaban J connectivity index is 2.20. The van der Waals surface area contributed by atoms with Crippen LogP contribution in [0, 0.1) is 6.92 Å². The van der Waals surface area contributed by atoms with E-state index in [1.165, 1.54) is 19.3 Å². The number of benzene rings is 1. The van der Waals surface area contributed by atoms with Crippen molar-refractivity contribution in [3.8, 4) is 5.75 Å². The van der Waals surface area contributed by atoms with Crippen LogP contribution in [0.15, 0.2) is 18.2 Å². The molecule has 2 N–H and O–H groups in total. The number of carbonyl (C=O) groups excluding carboxylic acids is 1. The van der Waals surface area contributed by atoms with E-state index >= 15 is 0 Å². The highest BCUT2D eigenvalue weighted by Crippen LogP contribution is 2.36. The standard InChI is InChI=1S/C17H21BrN2O2/c1-11-7-13(22-10-18)8-15-14(11)9-16(17(19)21)20(15)12-5-3-2-4-6-12/h7-9,12H,2-6,10H2,1H3,(H2,19,21). The second kappa shape index (κ2) is 6.32. The molecule has 5 heteroatoms. The number of alkyl halides is 1. The lowest BCUT2D eigenvalue weighted by atomic mass is 9.95. The number of amides is 1. The van der Waals surface area contributed by atoms with Gasteiger partial charge in [0.05, 0.1) is 5.52 Å². The summed E-state index contributed by atoms with van der Waals surface area (Å²) >= 11 is 3.30. The van der Waals surface area contributed by atoms with Gasteiger partial charge in [0.2, 0.25) is 0 Å². The van der Waals surface area contributed by atoms with Gasteiger partial charge in [-0.1, -0.05) is 19.3 Å². The zero-order valence-corrected chi connectivity index (χ0v) is 14.4. The van der Waals surface area contributed by atoms with Crippen molar-refractivity contribution in [2.24, 2.45) is 5.73 Å². The maximum Gasteiger partial charge on any atom is 0.265 e. The van der Waals surface area contributed by atoms with Crippen LogP contribution in [0.25, 0.3) is 10.9 Å². The predicted molar refractivity (Wildman–Crippen MR) is 91.7 cm³/mol. The Hall–Kier alpha value is -1.49. The maximum absolute atomic E-state index is 11.9. The fourth-order valence-corrected chi connectivity index (χ4v) is 3.80. The van der Waals surface area contributed by atoms with Gasteiger partial charge in [0, 0.05) is 17.5 Å². The lowest BCUT2D eigenvalue weighted by Crippen LogP contribution is -2.21. The summed E-state index contributed by atoms with van der Waals surface area (Å²) in [4.78, 5) is 11.9. The summed E-state index contributed by atoms with van der Waals surface area (Å²) in [6.45, 7) is 2.04. The van der Waals surface area contributed by atoms with Gasteiger partial charge in [-0.3, -0.25) is 4.79 Å². The van der Waals surface area contributed by atoms with Crippen molar-refractivity contribution in [3.63, 3.8) is 0 Å². The van der Waals surface area contributed by atoms with E-state index in [4.69, 9.17) is 10.5 Å². The number of aryl methyl sites for hydroxylation is 1. The molecule has 1 saturated carbocycles. The SMILES string of the molecule is Cc1cc(OCBr)cc2c1cc(C(N)=O)n2C1CCCCC1. The van der Waals surface area contributed by atoms with Crippen LogP contribution in [-0.4, -0.2) is 16.0 Å². The number of nitrogens with two attached hydrogens (primary N) is 1. The van der Waals surface area contributed by atoms with E-state index in [0.717, 1.165) is 35.1 Å². The maximum atomic E-state index is 11.9. The number of carbonyl (C=O) groups is 1. The number of hydrogen-bond acceptors (Lipinski definition) is 2. The topological polar surface area (TPSA) is 57.2 Å². The molecule has 1 aromatic carbocycles. The number of nitrogens with zero attached hydrogens (tertiary/aromatic N) is 1. The first-order chi connectivity index (χ1) is 10.6. The largest absolute Gasteiger partial charge is 0.482 e. The van der Waals surface area contributed by atoms with E-state index in [9.17, 15) is 4.79 Å². The summed E-state index contributed by atoms with van der Waals surface area (Å²) in [6, 6.07) is 6.30. The van der Waals surface area contributed by atoms with Gasteiger partial charge in [-0.25, -0.2) is 0 Å². The third kappa shape index (κ3) is 2.74. The zero-order valence-electron chi connectivity index (χ0n) is 12.8. The Kier molecular flexibility index (Phi) is 4.43. The molecule has 4 nitrogen and oxygen atoms in total. The van der Waals surface area contributed by atoms with E-state index in [2.05, 4.69) is 20.5 Å². The zero-order chi connectivity index (χ0) is 15.7. The molecule has 1 aliphatic rings. The fourth-order valence-electron chi connectivity index (χ4n) is 3.54. The van der Waals surface area contributed by atoms with Crippen LogP contribution >= 0.6 is 15.9 Å². The van der Waals surface area contributed by atoms with E-state index in [1.54, 1.807) is 0 Å². The van der Waals surface area contributed by atoms with Crippen LogP contribution in [-0.2, 0) is 0 Å². The first kappa shape index (κ1) is 15.4. The lowest BCUT2D eigenvalue weighted by molar-refractivity contribution is 0.0988. The fraction of sp³-hybridized carbons (Fsp3) is 0.471. The molecule has 118 valence electrons. The van der Waals surface area contributed by atoms with Crippen molar-refractivity contribution < 1.29 is 9.53 Å². The summed E-state index contributed by atoms with van der Waals surface area (Å²) in [5.74, 6) is 0.456.